The molecule has 0 radical (unpaired) electrons. The molecule has 0 aliphatic carbocycles. The van der Waals surface area contributed by atoms with Crippen LogP contribution in [-0.2, 0) is 11.3 Å². The molecule has 6 rings (SSSR count). The summed E-state index contributed by atoms with van der Waals surface area (Å²) in [6.45, 7) is 3.90. The molecule has 3 aromatic heterocycles. The lowest BCUT2D eigenvalue weighted by atomic mass is 9.94. The minimum absolute atomic E-state index is 0.0161. The van der Waals surface area contributed by atoms with Crippen LogP contribution in [0.3, 0.4) is 0 Å². The largest absolute Gasteiger partial charge is 0.353 e. The monoisotopic (exact) mass is 370 g/mol. The van der Waals surface area contributed by atoms with Gasteiger partial charge in [-0.05, 0) is 19.8 Å². The van der Waals surface area contributed by atoms with Crippen LogP contribution in [0.25, 0.3) is 11.1 Å². The molecule has 1 amide bonds. The fourth-order valence-electron chi connectivity index (χ4n) is 4.06. The third kappa shape index (κ3) is 2.45. The lowest BCUT2D eigenvalue weighted by Crippen LogP contribution is -2.47. The topological polar surface area (TPSA) is 88.2 Å². The zero-order valence-electron chi connectivity index (χ0n) is 14.3. The molecule has 6 heterocycles. The molecule has 3 aliphatic rings. The first-order valence-electron chi connectivity index (χ1n) is 8.70. The highest BCUT2D eigenvalue weighted by molar-refractivity contribution is 7.07. The standard InChI is InChI=1S/C17H18N6O2S/c1-10-14-15(18-8-19-16(14)25-21-10)22-4-11-2-3-13(6-22)23(17(11)24)5-12-7-26-9-20-12/h7-9,11,13H,2-6H2,1H3/t11-,13+/m1/s1. The van der Waals surface area contributed by atoms with E-state index in [0.29, 0.717) is 18.8 Å². The fourth-order valence-corrected chi connectivity index (χ4v) is 4.60. The van der Waals surface area contributed by atoms with Crippen LogP contribution in [0.5, 0.6) is 0 Å². The van der Waals surface area contributed by atoms with Crippen molar-refractivity contribution in [3.05, 3.63) is 28.6 Å². The van der Waals surface area contributed by atoms with Gasteiger partial charge in [0.1, 0.15) is 17.5 Å². The maximum Gasteiger partial charge on any atom is 0.263 e. The van der Waals surface area contributed by atoms with Gasteiger partial charge in [-0.15, -0.1) is 11.3 Å². The number of hydrogen-bond donors (Lipinski definition) is 0. The van der Waals surface area contributed by atoms with E-state index in [4.69, 9.17) is 4.52 Å². The van der Waals surface area contributed by atoms with Gasteiger partial charge in [-0.25, -0.2) is 9.97 Å². The summed E-state index contributed by atoms with van der Waals surface area (Å²) in [5, 5.41) is 6.87. The Labute approximate surface area is 153 Å². The number of carbonyl (C=O) groups excluding carboxylic acids is 1. The lowest BCUT2D eigenvalue weighted by Gasteiger charge is -2.35. The van der Waals surface area contributed by atoms with Gasteiger partial charge < -0.3 is 14.3 Å². The van der Waals surface area contributed by atoms with Crippen LogP contribution in [0.2, 0.25) is 0 Å². The third-order valence-electron chi connectivity index (χ3n) is 5.33. The molecule has 3 aromatic rings. The highest BCUT2D eigenvalue weighted by Gasteiger charge is 2.41. The summed E-state index contributed by atoms with van der Waals surface area (Å²) in [6.07, 6.45) is 3.43. The Bertz CT molecular complexity index is 955. The molecule has 134 valence electrons. The van der Waals surface area contributed by atoms with Gasteiger partial charge in [0.05, 0.1) is 29.4 Å². The van der Waals surface area contributed by atoms with Gasteiger partial charge in [0.2, 0.25) is 5.91 Å². The highest BCUT2D eigenvalue weighted by atomic mass is 32.1. The molecular weight excluding hydrogens is 352 g/mol. The second-order valence-electron chi connectivity index (χ2n) is 6.92. The van der Waals surface area contributed by atoms with Crippen LogP contribution in [-0.4, -0.2) is 50.0 Å². The number of carbonyl (C=O) groups is 1. The van der Waals surface area contributed by atoms with Gasteiger partial charge in [-0.3, -0.25) is 4.79 Å². The van der Waals surface area contributed by atoms with Crippen LogP contribution in [0.15, 0.2) is 21.7 Å². The summed E-state index contributed by atoms with van der Waals surface area (Å²) in [6, 6.07) is 0.160. The quantitative estimate of drug-likeness (QED) is 0.697. The number of piperidine rings is 1. The van der Waals surface area contributed by atoms with E-state index in [9.17, 15) is 4.79 Å². The Hall–Kier alpha value is -2.55. The summed E-state index contributed by atoms with van der Waals surface area (Å²) < 4.78 is 5.28. The maximum absolute atomic E-state index is 13.0. The van der Waals surface area contributed by atoms with Gasteiger partial charge in [0.25, 0.3) is 5.71 Å². The Morgan fingerprint density at radius 3 is 3.04 bits per heavy atom. The predicted octanol–water partition coefficient (Wildman–Crippen LogP) is 2.01. The SMILES string of the molecule is Cc1noc2ncnc(N3C[C@H]4CC[C@@H](C3)N(Cc3cscn3)C4=O)c12. The second-order valence-corrected chi connectivity index (χ2v) is 7.64. The number of nitrogens with zero attached hydrogens (tertiary/aromatic N) is 6. The molecule has 3 aliphatic heterocycles. The summed E-state index contributed by atoms with van der Waals surface area (Å²) in [4.78, 5) is 30.2. The van der Waals surface area contributed by atoms with Crippen LogP contribution in [0, 0.1) is 12.8 Å². The van der Waals surface area contributed by atoms with Crippen molar-refractivity contribution >= 4 is 34.2 Å². The van der Waals surface area contributed by atoms with Gasteiger partial charge >= 0.3 is 0 Å². The summed E-state index contributed by atoms with van der Waals surface area (Å²) in [5.41, 5.74) is 4.04. The minimum Gasteiger partial charge on any atom is -0.353 e. The first kappa shape index (κ1) is 15.7. The molecule has 9 heteroatoms. The van der Waals surface area contributed by atoms with Crippen molar-refractivity contribution in [3.63, 3.8) is 0 Å². The van der Waals surface area contributed by atoms with E-state index in [2.05, 4.69) is 25.0 Å². The third-order valence-corrected chi connectivity index (χ3v) is 5.97. The zero-order valence-corrected chi connectivity index (χ0v) is 15.1. The number of anilines is 1. The molecule has 0 spiro atoms. The van der Waals surface area contributed by atoms with Crippen LogP contribution in [0.1, 0.15) is 24.2 Å². The molecule has 3 fully saturated rings. The Morgan fingerprint density at radius 2 is 2.19 bits per heavy atom. The summed E-state index contributed by atoms with van der Waals surface area (Å²) >= 11 is 1.56. The number of rotatable bonds is 3. The maximum atomic E-state index is 13.0. The number of fused-ring (bicyclic) bond motifs is 5. The molecule has 2 atom stereocenters. The van der Waals surface area contributed by atoms with E-state index >= 15 is 0 Å². The van der Waals surface area contributed by atoms with Crippen molar-refractivity contribution in [1.82, 2.24) is 25.0 Å². The van der Waals surface area contributed by atoms with Crippen molar-refractivity contribution in [2.45, 2.75) is 32.4 Å². The first-order chi connectivity index (χ1) is 12.7. The van der Waals surface area contributed by atoms with E-state index in [1.54, 1.807) is 11.3 Å². The van der Waals surface area contributed by atoms with Crippen LogP contribution < -0.4 is 4.90 Å². The number of hydrogen-bond acceptors (Lipinski definition) is 8. The molecular formula is C17H18N6O2S. The van der Waals surface area contributed by atoms with Gasteiger partial charge in [-0.2, -0.15) is 4.98 Å². The fraction of sp³-hybridized carbons (Fsp3) is 0.471. The predicted molar refractivity (Wildman–Crippen MR) is 95.7 cm³/mol. The Morgan fingerprint density at radius 1 is 1.27 bits per heavy atom. The number of aryl methyl sites for hydroxylation is 1. The molecule has 0 N–H and O–H groups in total. The molecule has 8 nitrogen and oxygen atoms in total. The average Bonchev–Trinajstić information content (AvgIpc) is 3.21. The summed E-state index contributed by atoms with van der Waals surface area (Å²) in [7, 11) is 0. The molecule has 0 aromatic carbocycles. The van der Waals surface area contributed by atoms with Crippen molar-refractivity contribution in [2.75, 3.05) is 18.0 Å². The second kappa shape index (κ2) is 6.01. The lowest BCUT2D eigenvalue weighted by molar-refractivity contribution is -0.140. The van der Waals surface area contributed by atoms with E-state index in [-0.39, 0.29) is 17.9 Å². The summed E-state index contributed by atoms with van der Waals surface area (Å²) in [5.74, 6) is 1.02. The number of amides is 1. The van der Waals surface area contributed by atoms with Crippen molar-refractivity contribution in [2.24, 2.45) is 5.92 Å². The van der Waals surface area contributed by atoms with Gasteiger partial charge in [0, 0.05) is 24.5 Å². The van der Waals surface area contributed by atoms with E-state index in [1.165, 1.54) is 6.33 Å². The minimum atomic E-state index is -0.0161. The molecule has 3 saturated heterocycles. The van der Waals surface area contributed by atoms with Crippen molar-refractivity contribution in [3.8, 4) is 0 Å². The average molecular weight is 370 g/mol. The highest BCUT2D eigenvalue weighted by Crippen LogP contribution is 2.34. The van der Waals surface area contributed by atoms with E-state index in [0.717, 1.165) is 42.0 Å². The van der Waals surface area contributed by atoms with E-state index < -0.39 is 0 Å². The van der Waals surface area contributed by atoms with Crippen molar-refractivity contribution in [1.29, 1.82) is 0 Å². The molecule has 2 bridgehead atoms. The van der Waals surface area contributed by atoms with Crippen LogP contribution in [0.4, 0.5) is 5.82 Å². The molecule has 26 heavy (non-hydrogen) atoms. The number of aromatic nitrogens is 4. The smallest absolute Gasteiger partial charge is 0.263 e. The molecule has 0 unspecified atom stereocenters. The number of thiazole rings is 1. The Kier molecular flexibility index (Phi) is 3.63. The van der Waals surface area contributed by atoms with Gasteiger partial charge in [0.15, 0.2) is 0 Å². The first-order valence-corrected chi connectivity index (χ1v) is 9.64. The Balaban J connectivity index is 1.50. The molecule has 0 saturated carbocycles. The van der Waals surface area contributed by atoms with Gasteiger partial charge in [-0.1, -0.05) is 5.16 Å². The zero-order chi connectivity index (χ0) is 17.7. The van der Waals surface area contributed by atoms with Crippen LogP contribution >= 0.6 is 11.3 Å². The normalized spacial score (nSPS) is 23.0. The van der Waals surface area contributed by atoms with Crippen molar-refractivity contribution < 1.29 is 9.32 Å². The van der Waals surface area contributed by atoms with E-state index in [1.807, 2.05) is 22.7 Å².